The first-order valence-corrected chi connectivity index (χ1v) is 7.60. The van der Waals surface area contributed by atoms with Gasteiger partial charge in [0.2, 0.25) is 5.91 Å². The molecule has 0 saturated carbocycles. The second kappa shape index (κ2) is 7.04. The predicted octanol–water partition coefficient (Wildman–Crippen LogP) is 2.75. The number of ketones is 1. The van der Waals surface area contributed by atoms with Gasteiger partial charge in [-0.1, -0.05) is 30.3 Å². The van der Waals surface area contributed by atoms with Crippen LogP contribution in [-0.4, -0.2) is 21.1 Å². The topological polar surface area (TPSA) is 63.5 Å². The highest BCUT2D eigenvalue weighted by Crippen LogP contribution is 2.08. The number of amides is 1. The van der Waals surface area contributed by atoms with E-state index < -0.39 is 0 Å². The monoisotopic (exact) mass is 325 g/mol. The number of benzene rings is 1. The van der Waals surface area contributed by atoms with Crippen LogP contribution >= 0.6 is 0 Å². The zero-order valence-electron chi connectivity index (χ0n) is 12.9. The number of halogens is 1. The van der Waals surface area contributed by atoms with Crippen molar-refractivity contribution in [3.8, 4) is 0 Å². The molecule has 2 heterocycles. The SMILES string of the molecule is O=C(CCC(=O)c1ccccc1)NCc1cn2cc(F)ccc2n1. The molecule has 5 nitrogen and oxygen atoms in total. The van der Waals surface area contributed by atoms with Crippen LogP contribution in [-0.2, 0) is 11.3 Å². The largest absolute Gasteiger partial charge is 0.350 e. The zero-order valence-corrected chi connectivity index (χ0v) is 12.9. The van der Waals surface area contributed by atoms with Crippen molar-refractivity contribution in [2.45, 2.75) is 19.4 Å². The lowest BCUT2D eigenvalue weighted by atomic mass is 10.1. The van der Waals surface area contributed by atoms with Crippen molar-refractivity contribution in [3.63, 3.8) is 0 Å². The molecular formula is C18H16FN3O2. The number of nitrogens with zero attached hydrogens (tertiary/aromatic N) is 2. The fraction of sp³-hybridized carbons (Fsp3) is 0.167. The molecule has 0 saturated heterocycles. The fourth-order valence-electron chi connectivity index (χ4n) is 2.38. The summed E-state index contributed by atoms with van der Waals surface area (Å²) in [5, 5.41) is 2.72. The van der Waals surface area contributed by atoms with Gasteiger partial charge < -0.3 is 9.72 Å². The molecule has 1 N–H and O–H groups in total. The molecule has 122 valence electrons. The summed E-state index contributed by atoms with van der Waals surface area (Å²) in [7, 11) is 0. The Balaban J connectivity index is 1.50. The van der Waals surface area contributed by atoms with Crippen molar-refractivity contribution >= 4 is 17.3 Å². The zero-order chi connectivity index (χ0) is 16.9. The summed E-state index contributed by atoms with van der Waals surface area (Å²) in [5.41, 5.74) is 1.84. The molecule has 0 unspecified atom stereocenters. The Labute approximate surface area is 138 Å². The molecule has 1 aromatic carbocycles. The first-order chi connectivity index (χ1) is 11.6. The molecule has 6 heteroatoms. The van der Waals surface area contributed by atoms with Crippen LogP contribution in [0.3, 0.4) is 0 Å². The smallest absolute Gasteiger partial charge is 0.220 e. The van der Waals surface area contributed by atoms with E-state index in [-0.39, 0.29) is 36.9 Å². The van der Waals surface area contributed by atoms with E-state index in [9.17, 15) is 14.0 Å². The molecule has 0 bridgehead atoms. The fourth-order valence-corrected chi connectivity index (χ4v) is 2.38. The Kier molecular flexibility index (Phi) is 4.65. The molecule has 0 fully saturated rings. The first-order valence-electron chi connectivity index (χ1n) is 7.60. The van der Waals surface area contributed by atoms with Crippen LogP contribution in [0.1, 0.15) is 28.9 Å². The molecule has 0 atom stereocenters. The molecule has 3 aromatic rings. The van der Waals surface area contributed by atoms with Gasteiger partial charge in [-0.2, -0.15) is 0 Å². The minimum atomic E-state index is -0.352. The van der Waals surface area contributed by atoms with Gasteiger partial charge in [-0.15, -0.1) is 0 Å². The third-order valence-corrected chi connectivity index (χ3v) is 3.61. The number of carbonyl (C=O) groups is 2. The van der Waals surface area contributed by atoms with Gasteiger partial charge in [-0.05, 0) is 12.1 Å². The Hall–Kier alpha value is -3.02. The van der Waals surface area contributed by atoms with E-state index in [2.05, 4.69) is 10.3 Å². The van der Waals surface area contributed by atoms with Crippen LogP contribution in [0.5, 0.6) is 0 Å². The van der Waals surface area contributed by atoms with Crippen molar-refractivity contribution in [2.75, 3.05) is 0 Å². The standard InChI is InChI=1S/C18H16FN3O2/c19-14-6-8-17-21-15(12-22(17)11-14)10-20-18(24)9-7-16(23)13-4-2-1-3-5-13/h1-6,8,11-12H,7,9-10H2,(H,20,24). The Bertz CT molecular complexity index is 874. The minimum Gasteiger partial charge on any atom is -0.350 e. The lowest BCUT2D eigenvalue weighted by Crippen LogP contribution is -2.23. The van der Waals surface area contributed by atoms with E-state index in [1.54, 1.807) is 40.9 Å². The summed E-state index contributed by atoms with van der Waals surface area (Å²) in [4.78, 5) is 28.1. The summed E-state index contributed by atoms with van der Waals surface area (Å²) in [6.07, 6.45) is 3.27. The van der Waals surface area contributed by atoms with Crippen LogP contribution in [0, 0.1) is 5.82 Å². The molecule has 0 aliphatic heterocycles. The maximum absolute atomic E-state index is 13.1. The maximum Gasteiger partial charge on any atom is 0.220 e. The van der Waals surface area contributed by atoms with Gasteiger partial charge in [0, 0.05) is 30.8 Å². The summed E-state index contributed by atoms with van der Waals surface area (Å²) in [6.45, 7) is 0.238. The van der Waals surface area contributed by atoms with Crippen molar-refractivity contribution in [1.29, 1.82) is 0 Å². The van der Waals surface area contributed by atoms with Crippen molar-refractivity contribution in [3.05, 3.63) is 71.9 Å². The van der Waals surface area contributed by atoms with E-state index in [1.165, 1.54) is 12.3 Å². The number of hydrogen-bond acceptors (Lipinski definition) is 3. The van der Waals surface area contributed by atoms with Crippen molar-refractivity contribution < 1.29 is 14.0 Å². The van der Waals surface area contributed by atoms with E-state index in [0.29, 0.717) is 16.9 Å². The third-order valence-electron chi connectivity index (χ3n) is 3.61. The van der Waals surface area contributed by atoms with Gasteiger partial charge in [0.15, 0.2) is 5.78 Å². The van der Waals surface area contributed by atoms with Gasteiger partial charge in [0.1, 0.15) is 11.5 Å². The molecule has 0 aliphatic carbocycles. The Morgan fingerprint density at radius 3 is 2.62 bits per heavy atom. The number of imidazole rings is 1. The highest BCUT2D eigenvalue weighted by molar-refractivity contribution is 5.97. The second-order valence-corrected chi connectivity index (χ2v) is 5.41. The van der Waals surface area contributed by atoms with Crippen LogP contribution in [0.2, 0.25) is 0 Å². The van der Waals surface area contributed by atoms with Crippen LogP contribution in [0.4, 0.5) is 4.39 Å². The van der Waals surface area contributed by atoms with Crippen molar-refractivity contribution in [1.82, 2.24) is 14.7 Å². The lowest BCUT2D eigenvalue weighted by molar-refractivity contribution is -0.121. The summed E-state index contributed by atoms with van der Waals surface area (Å²) in [6, 6.07) is 11.8. The number of nitrogens with one attached hydrogen (secondary N) is 1. The maximum atomic E-state index is 13.1. The number of Topliss-reactive ketones (excluding diaryl/α,β-unsaturated/α-hetero) is 1. The molecule has 3 rings (SSSR count). The molecule has 0 spiro atoms. The van der Waals surface area contributed by atoms with Crippen molar-refractivity contribution in [2.24, 2.45) is 0 Å². The lowest BCUT2D eigenvalue weighted by Gasteiger charge is -2.03. The van der Waals surface area contributed by atoms with Gasteiger partial charge >= 0.3 is 0 Å². The number of pyridine rings is 1. The van der Waals surface area contributed by atoms with E-state index in [1.807, 2.05) is 6.07 Å². The van der Waals surface area contributed by atoms with E-state index in [0.717, 1.165) is 0 Å². The average Bonchev–Trinajstić information content (AvgIpc) is 3.00. The first kappa shape index (κ1) is 15.9. The van der Waals surface area contributed by atoms with Gasteiger partial charge in [-0.3, -0.25) is 9.59 Å². The molecule has 1 amide bonds. The van der Waals surface area contributed by atoms with Crippen LogP contribution in [0.25, 0.3) is 5.65 Å². The van der Waals surface area contributed by atoms with E-state index in [4.69, 9.17) is 0 Å². The summed E-state index contributed by atoms with van der Waals surface area (Å²) < 4.78 is 14.7. The quantitative estimate of drug-likeness (QED) is 0.709. The van der Waals surface area contributed by atoms with Gasteiger partial charge in [0.05, 0.1) is 12.2 Å². The van der Waals surface area contributed by atoms with Gasteiger partial charge in [-0.25, -0.2) is 9.37 Å². The molecular weight excluding hydrogens is 309 g/mol. The summed E-state index contributed by atoms with van der Waals surface area (Å²) >= 11 is 0. The minimum absolute atomic E-state index is 0.0612. The molecule has 2 aromatic heterocycles. The number of carbonyl (C=O) groups excluding carboxylic acids is 2. The molecule has 0 radical (unpaired) electrons. The number of rotatable bonds is 6. The normalized spacial score (nSPS) is 10.7. The highest BCUT2D eigenvalue weighted by Gasteiger charge is 2.09. The number of fused-ring (bicyclic) bond motifs is 1. The predicted molar refractivity (Wildman–Crippen MR) is 87.0 cm³/mol. The second-order valence-electron chi connectivity index (χ2n) is 5.41. The average molecular weight is 325 g/mol. The van der Waals surface area contributed by atoms with E-state index >= 15 is 0 Å². The molecule has 0 aliphatic rings. The van der Waals surface area contributed by atoms with Crippen LogP contribution < -0.4 is 5.32 Å². The third kappa shape index (κ3) is 3.84. The van der Waals surface area contributed by atoms with Gasteiger partial charge in [0.25, 0.3) is 0 Å². The Morgan fingerprint density at radius 1 is 1.04 bits per heavy atom. The number of aromatic nitrogens is 2. The summed E-state index contributed by atoms with van der Waals surface area (Å²) in [5.74, 6) is -0.633. The number of hydrogen-bond donors (Lipinski definition) is 1. The molecule has 24 heavy (non-hydrogen) atoms. The van der Waals surface area contributed by atoms with Crippen LogP contribution in [0.15, 0.2) is 54.9 Å². The highest BCUT2D eigenvalue weighted by atomic mass is 19.1. The Morgan fingerprint density at radius 2 is 1.83 bits per heavy atom.